The Labute approximate surface area is 200 Å². The average molecular weight is 481 g/mol. The van der Waals surface area contributed by atoms with Gasteiger partial charge in [-0.25, -0.2) is 4.98 Å². The van der Waals surface area contributed by atoms with Crippen LogP contribution in [0.1, 0.15) is 37.3 Å². The van der Waals surface area contributed by atoms with Crippen LogP contribution in [0.3, 0.4) is 0 Å². The Balaban J connectivity index is 0.00000171. The number of hydrogen-bond acceptors (Lipinski definition) is 5. The first-order valence-corrected chi connectivity index (χ1v) is 11.3. The van der Waals surface area contributed by atoms with E-state index in [2.05, 4.69) is 45.9 Å². The van der Waals surface area contributed by atoms with Crippen molar-refractivity contribution in [2.24, 2.45) is 0 Å². The smallest absolute Gasteiger partial charge is 0.221 e. The van der Waals surface area contributed by atoms with Gasteiger partial charge < -0.3 is 15.5 Å². The minimum absolute atomic E-state index is 0. The highest BCUT2D eigenvalue weighted by atomic mass is 35.5. The number of fused-ring (bicyclic) bond motifs is 1. The van der Waals surface area contributed by atoms with Crippen molar-refractivity contribution in [2.45, 2.75) is 31.7 Å². The molecule has 5 nitrogen and oxygen atoms in total. The molecule has 1 amide bonds. The van der Waals surface area contributed by atoms with E-state index in [0.29, 0.717) is 13.0 Å². The van der Waals surface area contributed by atoms with Gasteiger partial charge in [0.15, 0.2) is 5.13 Å². The van der Waals surface area contributed by atoms with Gasteiger partial charge in [0, 0.05) is 32.1 Å². The predicted octanol–water partition coefficient (Wildman–Crippen LogP) is 4.97. The summed E-state index contributed by atoms with van der Waals surface area (Å²) < 4.78 is 1.23. The molecule has 8 heteroatoms. The summed E-state index contributed by atoms with van der Waals surface area (Å²) in [4.78, 5) is 19.7. The summed E-state index contributed by atoms with van der Waals surface area (Å²) in [5, 5.41) is 7.77. The molecule has 1 aromatic heterocycles. The van der Waals surface area contributed by atoms with Gasteiger partial charge in [0.2, 0.25) is 5.91 Å². The molecule has 0 bridgehead atoms. The molecule has 2 heterocycles. The van der Waals surface area contributed by atoms with Gasteiger partial charge in [0.1, 0.15) is 0 Å². The SMILES string of the molecule is Cl.Cl.O=C1CC(c2ccccc2)NCCCCN(c2nc3ccccc3s2)CCCN1. The second-order valence-electron chi connectivity index (χ2n) is 7.48. The van der Waals surface area contributed by atoms with Crippen molar-refractivity contribution in [3.63, 3.8) is 0 Å². The lowest BCUT2D eigenvalue weighted by Crippen LogP contribution is -2.32. The van der Waals surface area contributed by atoms with Crippen molar-refractivity contribution in [3.05, 3.63) is 60.2 Å². The second-order valence-corrected chi connectivity index (χ2v) is 8.49. The zero-order chi connectivity index (χ0) is 19.9. The van der Waals surface area contributed by atoms with Gasteiger partial charge in [-0.05, 0) is 43.5 Å². The summed E-state index contributed by atoms with van der Waals surface area (Å²) in [6, 6.07) is 18.6. The lowest BCUT2D eigenvalue weighted by atomic mass is 10.0. The molecule has 2 N–H and O–H groups in total. The van der Waals surface area contributed by atoms with Crippen LogP contribution in [-0.2, 0) is 4.79 Å². The molecule has 0 spiro atoms. The van der Waals surface area contributed by atoms with Crippen LogP contribution in [0.4, 0.5) is 5.13 Å². The van der Waals surface area contributed by atoms with Gasteiger partial charge in [0.05, 0.1) is 10.2 Å². The summed E-state index contributed by atoms with van der Waals surface area (Å²) in [6.07, 6.45) is 3.58. The van der Waals surface area contributed by atoms with Crippen molar-refractivity contribution in [3.8, 4) is 0 Å². The van der Waals surface area contributed by atoms with E-state index in [-0.39, 0.29) is 36.8 Å². The predicted molar refractivity (Wildman–Crippen MR) is 135 cm³/mol. The zero-order valence-corrected chi connectivity index (χ0v) is 19.9. The van der Waals surface area contributed by atoms with Gasteiger partial charge in [-0.15, -0.1) is 24.8 Å². The van der Waals surface area contributed by atoms with E-state index in [1.807, 2.05) is 24.3 Å². The van der Waals surface area contributed by atoms with E-state index in [4.69, 9.17) is 4.98 Å². The maximum Gasteiger partial charge on any atom is 0.221 e. The molecule has 31 heavy (non-hydrogen) atoms. The number of nitrogens with zero attached hydrogens (tertiary/aromatic N) is 2. The van der Waals surface area contributed by atoms with Gasteiger partial charge >= 0.3 is 0 Å². The van der Waals surface area contributed by atoms with Crippen molar-refractivity contribution < 1.29 is 4.79 Å². The highest BCUT2D eigenvalue weighted by Gasteiger charge is 2.17. The lowest BCUT2D eigenvalue weighted by molar-refractivity contribution is -0.121. The van der Waals surface area contributed by atoms with Crippen LogP contribution in [0.25, 0.3) is 10.2 Å². The number of para-hydroxylation sites is 1. The Hall–Kier alpha value is -1.86. The molecule has 0 radical (unpaired) electrons. The number of nitrogens with one attached hydrogen (secondary N) is 2. The second kappa shape index (κ2) is 12.9. The third-order valence-electron chi connectivity index (χ3n) is 5.32. The van der Waals surface area contributed by atoms with Gasteiger partial charge in [-0.2, -0.15) is 0 Å². The molecule has 1 aliphatic rings. The van der Waals surface area contributed by atoms with Crippen LogP contribution in [0.15, 0.2) is 54.6 Å². The van der Waals surface area contributed by atoms with Crippen LogP contribution in [0.5, 0.6) is 0 Å². The molecule has 1 aliphatic heterocycles. The number of carbonyl (C=O) groups excluding carboxylic acids is 1. The monoisotopic (exact) mass is 480 g/mol. The van der Waals surface area contributed by atoms with E-state index in [0.717, 1.165) is 49.5 Å². The highest BCUT2D eigenvalue weighted by Crippen LogP contribution is 2.29. The number of aromatic nitrogens is 1. The first kappa shape index (κ1) is 25.4. The zero-order valence-electron chi connectivity index (χ0n) is 17.5. The lowest BCUT2D eigenvalue weighted by Gasteiger charge is -2.21. The third-order valence-corrected chi connectivity index (χ3v) is 6.41. The molecule has 168 valence electrons. The first-order valence-electron chi connectivity index (χ1n) is 10.4. The fourth-order valence-electron chi connectivity index (χ4n) is 3.75. The van der Waals surface area contributed by atoms with E-state index in [1.165, 1.54) is 10.3 Å². The number of rotatable bonds is 2. The number of thiazole rings is 1. The van der Waals surface area contributed by atoms with Crippen LogP contribution in [0.2, 0.25) is 0 Å². The van der Waals surface area contributed by atoms with Crippen molar-refractivity contribution in [2.75, 3.05) is 31.1 Å². The Morgan fingerprint density at radius 3 is 2.45 bits per heavy atom. The Bertz CT molecular complexity index is 904. The number of carbonyl (C=O) groups is 1. The molecule has 3 aromatic rings. The normalized spacial score (nSPS) is 18.5. The number of benzene rings is 2. The maximum absolute atomic E-state index is 12.5. The third kappa shape index (κ3) is 7.07. The summed E-state index contributed by atoms with van der Waals surface area (Å²) in [5.74, 6) is 0.108. The number of halogens is 2. The number of hydrogen-bond donors (Lipinski definition) is 2. The first-order chi connectivity index (χ1) is 14.3. The molecule has 4 rings (SSSR count). The Morgan fingerprint density at radius 1 is 0.903 bits per heavy atom. The molecule has 1 unspecified atom stereocenters. The number of amides is 1. The topological polar surface area (TPSA) is 57.3 Å². The van der Waals surface area contributed by atoms with Gasteiger partial charge in [-0.1, -0.05) is 53.8 Å². The molecule has 0 saturated carbocycles. The van der Waals surface area contributed by atoms with Crippen LogP contribution < -0.4 is 15.5 Å². The molecular weight excluding hydrogens is 451 g/mol. The average Bonchev–Trinajstić information content (AvgIpc) is 3.18. The van der Waals surface area contributed by atoms with Crippen molar-refractivity contribution in [1.82, 2.24) is 15.6 Å². The van der Waals surface area contributed by atoms with Crippen molar-refractivity contribution in [1.29, 1.82) is 0 Å². The molecule has 0 aliphatic carbocycles. The maximum atomic E-state index is 12.5. The van der Waals surface area contributed by atoms with E-state index in [9.17, 15) is 4.79 Å². The quantitative estimate of drug-likeness (QED) is 0.543. The summed E-state index contributed by atoms with van der Waals surface area (Å²) in [7, 11) is 0. The Morgan fingerprint density at radius 2 is 1.65 bits per heavy atom. The van der Waals surface area contributed by atoms with Gasteiger partial charge in [0.25, 0.3) is 0 Å². The largest absolute Gasteiger partial charge is 0.356 e. The molecule has 1 saturated heterocycles. The molecule has 1 fully saturated rings. The summed E-state index contributed by atoms with van der Waals surface area (Å²) >= 11 is 1.76. The Kier molecular flexibility index (Phi) is 10.5. The minimum atomic E-state index is 0. The van der Waals surface area contributed by atoms with E-state index >= 15 is 0 Å². The van der Waals surface area contributed by atoms with E-state index < -0.39 is 0 Å². The standard InChI is InChI=1S/C23H28N4OS.2ClH/c28-22-17-20(18-9-2-1-3-10-18)24-13-6-7-15-27(16-8-14-25-22)23-26-19-11-4-5-12-21(19)29-23;;/h1-5,9-12,20,24H,6-8,13-17H2,(H,25,28);2*1H. The summed E-state index contributed by atoms with van der Waals surface area (Å²) in [6.45, 7) is 3.50. The molecular formula is C23H30Cl2N4OS. The highest BCUT2D eigenvalue weighted by molar-refractivity contribution is 7.22. The van der Waals surface area contributed by atoms with Crippen LogP contribution in [0, 0.1) is 0 Å². The van der Waals surface area contributed by atoms with E-state index in [1.54, 1.807) is 11.3 Å². The van der Waals surface area contributed by atoms with Crippen LogP contribution >= 0.6 is 36.2 Å². The van der Waals surface area contributed by atoms with Gasteiger partial charge in [-0.3, -0.25) is 4.79 Å². The fourth-order valence-corrected chi connectivity index (χ4v) is 4.77. The van der Waals surface area contributed by atoms with Crippen molar-refractivity contribution >= 4 is 57.4 Å². The van der Waals surface area contributed by atoms with Crippen LogP contribution in [-0.4, -0.2) is 37.1 Å². The number of anilines is 1. The molecule has 1 atom stereocenters. The fraction of sp³-hybridized carbons (Fsp3) is 0.391. The molecule has 2 aromatic carbocycles. The summed E-state index contributed by atoms with van der Waals surface area (Å²) in [5.41, 5.74) is 2.24. The minimum Gasteiger partial charge on any atom is -0.356 e.